The number of fused-ring (bicyclic) bond motifs is 1. The van der Waals surface area contributed by atoms with Crippen LogP contribution in [-0.2, 0) is 0 Å². The van der Waals surface area contributed by atoms with Crippen LogP contribution in [0.5, 0.6) is 0 Å². The van der Waals surface area contributed by atoms with E-state index in [1.807, 2.05) is 61.5 Å². The zero-order chi connectivity index (χ0) is 19.8. The lowest BCUT2D eigenvalue weighted by Gasteiger charge is -2.23. The number of aromatic amines is 2. The second-order valence-corrected chi connectivity index (χ2v) is 6.94. The average Bonchev–Trinajstić information content (AvgIpc) is 3.41. The minimum absolute atomic E-state index is 0.126. The maximum Gasteiger partial charge on any atom is 0.329 e. The molecule has 1 aliphatic rings. The number of rotatable bonds is 4. The molecule has 2 aromatic heterocycles. The van der Waals surface area contributed by atoms with E-state index in [4.69, 9.17) is 0 Å². The van der Waals surface area contributed by atoms with Crippen molar-refractivity contribution in [3.05, 3.63) is 82.5 Å². The number of hydrogen-bond donors (Lipinski definition) is 3. The smallest absolute Gasteiger partial charge is 0.329 e. The molecule has 8 heteroatoms. The molecule has 0 fully saturated rings. The SMILES string of the molecule is C[C@H](c1ccccc1)n1c2c([nH]c1=O)N=CC(c1ccc(-c3ncn[nH]3)cc1)N2. The van der Waals surface area contributed by atoms with Crippen LogP contribution in [0.2, 0.25) is 0 Å². The Morgan fingerprint density at radius 3 is 2.59 bits per heavy atom. The first kappa shape index (κ1) is 17.2. The summed E-state index contributed by atoms with van der Waals surface area (Å²) in [6, 6.07) is 17.7. The fourth-order valence-electron chi connectivity index (χ4n) is 3.61. The molecule has 2 aromatic carbocycles. The van der Waals surface area contributed by atoms with Gasteiger partial charge in [0.15, 0.2) is 17.5 Å². The van der Waals surface area contributed by atoms with Crippen LogP contribution >= 0.6 is 0 Å². The van der Waals surface area contributed by atoms with Gasteiger partial charge in [0, 0.05) is 11.8 Å². The Bertz CT molecular complexity index is 1200. The van der Waals surface area contributed by atoms with Gasteiger partial charge in [0.05, 0.1) is 12.1 Å². The number of hydrogen-bond acceptors (Lipinski definition) is 5. The van der Waals surface area contributed by atoms with Gasteiger partial charge in [0.25, 0.3) is 0 Å². The molecule has 3 N–H and O–H groups in total. The fourth-order valence-corrected chi connectivity index (χ4v) is 3.61. The highest BCUT2D eigenvalue weighted by atomic mass is 16.1. The van der Waals surface area contributed by atoms with Crippen molar-refractivity contribution in [1.82, 2.24) is 24.7 Å². The van der Waals surface area contributed by atoms with Crippen LogP contribution in [0, 0.1) is 0 Å². The van der Waals surface area contributed by atoms with Crippen molar-refractivity contribution < 1.29 is 0 Å². The summed E-state index contributed by atoms with van der Waals surface area (Å²) in [7, 11) is 0. The first-order valence-corrected chi connectivity index (χ1v) is 9.36. The Morgan fingerprint density at radius 1 is 1.07 bits per heavy atom. The van der Waals surface area contributed by atoms with E-state index in [9.17, 15) is 4.79 Å². The molecular weight excluding hydrogens is 366 g/mol. The first-order chi connectivity index (χ1) is 14.2. The highest BCUT2D eigenvalue weighted by Crippen LogP contribution is 2.33. The largest absolute Gasteiger partial charge is 0.356 e. The van der Waals surface area contributed by atoms with E-state index < -0.39 is 0 Å². The number of aliphatic imine (C=N–C) groups is 1. The quantitative estimate of drug-likeness (QED) is 0.500. The molecule has 29 heavy (non-hydrogen) atoms. The van der Waals surface area contributed by atoms with Gasteiger partial charge in [-0.05, 0) is 18.1 Å². The fraction of sp³-hybridized carbons (Fsp3) is 0.143. The Hall–Kier alpha value is -3.94. The lowest BCUT2D eigenvalue weighted by atomic mass is 10.0. The number of imidazole rings is 1. The van der Waals surface area contributed by atoms with E-state index in [0.29, 0.717) is 11.6 Å². The maximum absolute atomic E-state index is 12.6. The zero-order valence-electron chi connectivity index (χ0n) is 15.7. The van der Waals surface area contributed by atoms with E-state index in [0.717, 1.165) is 22.5 Å². The van der Waals surface area contributed by atoms with Gasteiger partial charge in [0.1, 0.15) is 6.33 Å². The van der Waals surface area contributed by atoms with E-state index in [2.05, 4.69) is 30.5 Å². The van der Waals surface area contributed by atoms with Gasteiger partial charge in [-0.3, -0.25) is 14.6 Å². The van der Waals surface area contributed by atoms with Crippen molar-refractivity contribution in [2.24, 2.45) is 4.99 Å². The minimum Gasteiger partial charge on any atom is -0.356 e. The molecule has 4 aromatic rings. The first-order valence-electron chi connectivity index (χ1n) is 9.36. The standard InChI is InChI=1S/C21H19N7O/c1-13(14-5-3-2-4-6-14)28-20-19(26-21(28)29)22-11-17(25-20)15-7-9-16(10-8-15)18-23-12-24-27-18/h2-13,17,25H,1H3,(H,26,29)(H,23,24,27)/t13-,17?/m1/s1. The highest BCUT2D eigenvalue weighted by Gasteiger charge is 2.25. The van der Waals surface area contributed by atoms with Crippen molar-refractivity contribution >= 4 is 17.9 Å². The highest BCUT2D eigenvalue weighted by molar-refractivity contribution is 5.81. The predicted octanol–water partition coefficient (Wildman–Crippen LogP) is 3.44. The van der Waals surface area contributed by atoms with Gasteiger partial charge >= 0.3 is 5.69 Å². The van der Waals surface area contributed by atoms with Crippen molar-refractivity contribution in [1.29, 1.82) is 0 Å². The Kier molecular flexibility index (Phi) is 4.09. The summed E-state index contributed by atoms with van der Waals surface area (Å²) < 4.78 is 1.72. The monoisotopic (exact) mass is 385 g/mol. The second kappa shape index (κ2) is 6.90. The molecule has 2 atom stereocenters. The normalized spacial score (nSPS) is 16.2. The number of benzene rings is 2. The van der Waals surface area contributed by atoms with Gasteiger partial charge < -0.3 is 5.32 Å². The van der Waals surface area contributed by atoms with Crippen molar-refractivity contribution in [2.75, 3.05) is 5.32 Å². The third-order valence-electron chi connectivity index (χ3n) is 5.18. The lowest BCUT2D eigenvalue weighted by Crippen LogP contribution is -2.25. The molecular formula is C21H19N7O. The molecule has 0 bridgehead atoms. The van der Waals surface area contributed by atoms with Crippen molar-refractivity contribution in [3.63, 3.8) is 0 Å². The summed E-state index contributed by atoms with van der Waals surface area (Å²) in [5, 5.41) is 10.2. The third kappa shape index (κ3) is 3.04. The van der Waals surface area contributed by atoms with Gasteiger partial charge in [-0.25, -0.2) is 14.8 Å². The van der Waals surface area contributed by atoms with Crippen molar-refractivity contribution in [3.8, 4) is 11.4 Å². The summed E-state index contributed by atoms with van der Waals surface area (Å²) in [5.74, 6) is 1.96. The van der Waals surface area contributed by atoms with Gasteiger partial charge in [0.2, 0.25) is 0 Å². The number of anilines is 1. The zero-order valence-corrected chi connectivity index (χ0v) is 15.7. The Balaban J connectivity index is 1.46. The molecule has 0 saturated heterocycles. The van der Waals surface area contributed by atoms with Crippen molar-refractivity contribution in [2.45, 2.75) is 19.0 Å². The molecule has 0 amide bonds. The van der Waals surface area contributed by atoms with Crippen LogP contribution < -0.4 is 11.0 Å². The molecule has 0 radical (unpaired) electrons. The lowest BCUT2D eigenvalue weighted by molar-refractivity contribution is 0.620. The average molecular weight is 385 g/mol. The third-order valence-corrected chi connectivity index (χ3v) is 5.18. The Labute approximate surface area is 166 Å². The molecule has 3 heterocycles. The topological polar surface area (TPSA) is 104 Å². The van der Waals surface area contributed by atoms with E-state index >= 15 is 0 Å². The van der Waals surface area contributed by atoms with Crippen LogP contribution in [0.3, 0.4) is 0 Å². The number of nitrogens with one attached hydrogen (secondary N) is 3. The van der Waals surface area contributed by atoms with Crippen LogP contribution in [0.15, 0.2) is 70.7 Å². The van der Waals surface area contributed by atoms with Crippen LogP contribution in [0.25, 0.3) is 11.4 Å². The summed E-state index contributed by atoms with van der Waals surface area (Å²) in [5.41, 5.74) is 2.87. The number of H-pyrrole nitrogens is 2. The summed E-state index contributed by atoms with van der Waals surface area (Å²) in [6.45, 7) is 2.01. The number of aromatic nitrogens is 5. The minimum atomic E-state index is -0.183. The molecule has 0 spiro atoms. The van der Waals surface area contributed by atoms with Crippen LogP contribution in [0.4, 0.5) is 11.6 Å². The molecule has 8 nitrogen and oxygen atoms in total. The van der Waals surface area contributed by atoms with Crippen LogP contribution in [0.1, 0.15) is 30.1 Å². The maximum atomic E-state index is 12.6. The van der Waals surface area contributed by atoms with Gasteiger partial charge in [-0.2, -0.15) is 5.10 Å². The molecule has 5 rings (SSSR count). The van der Waals surface area contributed by atoms with Crippen LogP contribution in [-0.4, -0.2) is 30.9 Å². The van der Waals surface area contributed by atoms with E-state index in [1.165, 1.54) is 6.33 Å². The second-order valence-electron chi connectivity index (χ2n) is 6.94. The summed E-state index contributed by atoms with van der Waals surface area (Å²) in [6.07, 6.45) is 3.29. The Morgan fingerprint density at radius 2 is 1.86 bits per heavy atom. The van der Waals surface area contributed by atoms with Gasteiger partial charge in [-0.1, -0.05) is 54.6 Å². The van der Waals surface area contributed by atoms with Gasteiger partial charge in [-0.15, -0.1) is 0 Å². The molecule has 1 unspecified atom stereocenters. The van der Waals surface area contributed by atoms with E-state index in [-0.39, 0.29) is 17.8 Å². The van der Waals surface area contributed by atoms with E-state index in [1.54, 1.807) is 10.8 Å². The molecule has 0 saturated carbocycles. The predicted molar refractivity (Wildman–Crippen MR) is 112 cm³/mol. The number of nitrogens with zero attached hydrogens (tertiary/aromatic N) is 4. The summed E-state index contributed by atoms with van der Waals surface area (Å²) in [4.78, 5) is 24.1. The molecule has 1 aliphatic heterocycles. The molecule has 0 aliphatic carbocycles. The summed E-state index contributed by atoms with van der Waals surface area (Å²) >= 11 is 0. The molecule has 144 valence electrons.